The van der Waals surface area contributed by atoms with E-state index in [0.29, 0.717) is 55.3 Å². The molecule has 20 heteroatoms. The molecule has 20 nitrogen and oxygen atoms in total. The lowest BCUT2D eigenvalue weighted by atomic mass is 9.23. The topological polar surface area (TPSA) is 310 Å². The van der Waals surface area contributed by atoms with Crippen molar-refractivity contribution < 1.29 is 93.5 Å². The molecule has 1 amide bonds. The molecule has 0 aromatic carbocycles. The monoisotopic (exact) mass is 1340 g/mol. The molecule has 11 aliphatic rings. The maximum Gasteiger partial charge on any atom is 0.407 e. The van der Waals surface area contributed by atoms with E-state index in [1.165, 1.54) is 63.9 Å². The van der Waals surface area contributed by atoms with Crippen LogP contribution in [-0.2, 0) is 42.7 Å². The number of hydrogen-bond donors (Lipinski definition) is 10. The summed E-state index contributed by atoms with van der Waals surface area (Å²) in [5.41, 5.74) is -0.831. The van der Waals surface area contributed by atoms with Crippen LogP contribution in [0.5, 0.6) is 0 Å². The molecule has 0 radical (unpaired) electrons. The second kappa shape index (κ2) is 27.4. The van der Waals surface area contributed by atoms with Gasteiger partial charge in [0.2, 0.25) is 6.29 Å². The van der Waals surface area contributed by atoms with Crippen molar-refractivity contribution in [3.63, 3.8) is 0 Å². The Morgan fingerprint density at radius 2 is 1.42 bits per heavy atom. The number of aliphatic hydroxyl groups is 9. The van der Waals surface area contributed by atoms with E-state index in [4.69, 9.17) is 33.2 Å². The smallest absolute Gasteiger partial charge is 0.407 e. The number of aliphatic hydroxyl groups excluding tert-OH is 9. The Morgan fingerprint density at radius 1 is 0.747 bits per heavy atom. The quantitative estimate of drug-likeness (QED) is 0.0293. The molecule has 0 bridgehead atoms. The van der Waals surface area contributed by atoms with E-state index in [0.717, 1.165) is 61.2 Å². The van der Waals surface area contributed by atoms with Crippen LogP contribution >= 0.6 is 0 Å². The third-order valence-corrected chi connectivity index (χ3v) is 29.4. The van der Waals surface area contributed by atoms with Crippen molar-refractivity contribution in [1.82, 2.24) is 5.32 Å². The molecule has 3 saturated heterocycles. The number of rotatable bonds is 21. The van der Waals surface area contributed by atoms with Crippen molar-refractivity contribution in [2.75, 3.05) is 13.2 Å². The molecule has 1 spiro atoms. The lowest BCUT2D eigenvalue weighted by Gasteiger charge is -2.80. The van der Waals surface area contributed by atoms with Crippen LogP contribution in [0.3, 0.4) is 0 Å². The van der Waals surface area contributed by atoms with Crippen molar-refractivity contribution in [1.29, 1.82) is 0 Å². The fourth-order valence-electron chi connectivity index (χ4n) is 24.0. The molecule has 17 unspecified atom stereocenters. The van der Waals surface area contributed by atoms with Gasteiger partial charge in [0.05, 0.1) is 43.0 Å². The van der Waals surface area contributed by atoms with E-state index >= 15 is 4.79 Å². The highest BCUT2D eigenvalue weighted by molar-refractivity contribution is 5.80. The highest BCUT2D eigenvalue weighted by Crippen LogP contribution is 2.85. The Morgan fingerprint density at radius 3 is 2.09 bits per heavy atom. The van der Waals surface area contributed by atoms with Crippen LogP contribution in [0.2, 0.25) is 0 Å². The summed E-state index contributed by atoms with van der Waals surface area (Å²) in [6.07, 6.45) is -6.60. The van der Waals surface area contributed by atoms with Gasteiger partial charge in [-0.05, 0) is 191 Å². The predicted molar refractivity (Wildman–Crippen MR) is 351 cm³/mol. The van der Waals surface area contributed by atoms with Gasteiger partial charge >= 0.3 is 12.1 Å². The minimum atomic E-state index is -1.96. The standard InChI is InChI=1S/C75H123NO19/c1-15-53(80)72(13,36-78)51-26-30-75-48(32-52(75)69(51,9)10)55-40(7)74(29-23-38(4)5,54(81)33-73(55,75)14)67(87)95-66-63(94-65-61(86)59(84)62(41(8)90-65)93-64-60(85)57(82)49(79)35-89-64)58(83)56(50(34-77)92-66)76-68(88)91-43-24-27-70(11)42(31-43)19-20-44-46-22-21-45(39(6)18-16-17-37(2)3)71(46,12)28-25-47(44)70/h36-47,49-54,56-66,77,79-86H,15-35H2,1-14H3,(H,76,88)/t39-,40?,41-,42+,43+,44+,45?,46+,47?,49-,50-,51-,52?,53?,54+,56?,57?,58?,59?,60?,61?,62?,63?,64+,65+,66+,70?,71?,72?,73-,74?,75+/m1/s1. The third kappa shape index (κ3) is 12.0. The number of ether oxygens (including phenoxy) is 7. The first kappa shape index (κ1) is 73.8. The van der Waals surface area contributed by atoms with Crippen molar-refractivity contribution in [2.45, 2.75) is 323 Å². The molecule has 10 N–H and O–H groups in total. The molecule has 32 atom stereocenters. The molecule has 542 valence electrons. The highest BCUT2D eigenvalue weighted by Gasteiger charge is 2.80. The van der Waals surface area contributed by atoms with Crippen LogP contribution in [0.4, 0.5) is 4.79 Å². The van der Waals surface area contributed by atoms with Gasteiger partial charge in [0.25, 0.3) is 0 Å². The van der Waals surface area contributed by atoms with Crippen LogP contribution in [0.1, 0.15) is 219 Å². The Bertz CT molecular complexity index is 2770. The number of alkyl carbamates (subject to hydrolysis) is 1. The number of fused-ring (bicyclic) bond motifs is 6. The van der Waals surface area contributed by atoms with Crippen LogP contribution < -0.4 is 5.32 Å². The van der Waals surface area contributed by atoms with Crippen LogP contribution in [-0.4, -0.2) is 182 Å². The molecule has 95 heavy (non-hydrogen) atoms. The first-order valence-electron chi connectivity index (χ1n) is 37.3. The predicted octanol–water partition coefficient (Wildman–Crippen LogP) is 8.43. The Labute approximate surface area is 565 Å². The molecule has 7 saturated carbocycles. The lowest BCUT2D eigenvalue weighted by molar-refractivity contribution is -0.370. The fourth-order valence-corrected chi connectivity index (χ4v) is 24.0. The van der Waals surface area contributed by atoms with Crippen molar-refractivity contribution in [3.05, 3.63) is 11.1 Å². The number of esters is 1. The van der Waals surface area contributed by atoms with Gasteiger partial charge in [-0.2, -0.15) is 0 Å². The molecular weight excluding hydrogens is 1220 g/mol. The molecule has 3 heterocycles. The van der Waals surface area contributed by atoms with Crippen LogP contribution in [0.15, 0.2) is 11.1 Å². The van der Waals surface area contributed by atoms with Gasteiger partial charge in [0.1, 0.15) is 66.6 Å². The highest BCUT2D eigenvalue weighted by atomic mass is 16.8. The molecule has 0 aromatic rings. The molecule has 10 fully saturated rings. The zero-order valence-electron chi connectivity index (χ0n) is 59.7. The summed E-state index contributed by atoms with van der Waals surface area (Å²) < 4.78 is 43.4. The second-order valence-electron chi connectivity index (χ2n) is 35.1. The SMILES string of the molecule is CCC(O)C(C)(C=O)[C@@H]1CC[C@@]23C(=C4C(C)C(CCC(C)C)(C(=O)O[C@@H]5O[C@H](CO)C(NC(=O)O[C@H]6CCC7(C)C8CCC9(C)C([C@H](C)CCCC(C)C)CC[C@H]9[C@@H]8CC[C@H]7C6)C(O)C5O[C@@H]5O[C@H](C)C(O[C@@H]6OC[C@@H](O)C(O)C6O)C(O)C5O)[C@@H](O)C[C@]42C)CC3C1(C)C. The summed E-state index contributed by atoms with van der Waals surface area (Å²) >= 11 is 0. The van der Waals surface area contributed by atoms with Gasteiger partial charge in [-0.25, -0.2) is 4.79 Å². The van der Waals surface area contributed by atoms with E-state index in [1.807, 2.05) is 34.6 Å². The largest absolute Gasteiger partial charge is 0.446 e. The average molecular weight is 1340 g/mol. The van der Waals surface area contributed by atoms with Gasteiger partial charge < -0.3 is 89.2 Å². The minimum absolute atomic E-state index is 0.0921. The first-order valence-corrected chi connectivity index (χ1v) is 37.3. The molecule has 8 aliphatic carbocycles. The Balaban J connectivity index is 0.824. The van der Waals surface area contributed by atoms with E-state index in [9.17, 15) is 55.5 Å². The number of nitrogens with one attached hydrogen (secondary N) is 1. The summed E-state index contributed by atoms with van der Waals surface area (Å²) in [4.78, 5) is 43.3. The first-order chi connectivity index (χ1) is 44.7. The molecule has 11 rings (SSSR count). The lowest BCUT2D eigenvalue weighted by Crippen LogP contribution is -2.75. The third-order valence-electron chi connectivity index (χ3n) is 29.4. The fraction of sp³-hybridized carbons (Fsp3) is 0.933. The van der Waals surface area contributed by atoms with Gasteiger partial charge in [-0.3, -0.25) is 4.79 Å². The minimum Gasteiger partial charge on any atom is -0.446 e. The number of amides is 1. The Hall–Kier alpha value is -2.41. The maximum atomic E-state index is 15.9. The van der Waals surface area contributed by atoms with Crippen molar-refractivity contribution >= 4 is 18.3 Å². The summed E-state index contributed by atoms with van der Waals surface area (Å²) in [5, 5.41) is 106. The van der Waals surface area contributed by atoms with Crippen LogP contribution in [0, 0.1) is 103 Å². The number of carbonyl (C=O) groups is 3. The van der Waals surface area contributed by atoms with Crippen LogP contribution in [0.25, 0.3) is 0 Å². The Kier molecular flexibility index (Phi) is 21.3. The maximum absolute atomic E-state index is 15.9. The number of allylic oxidation sites excluding steroid dienone is 2. The van der Waals surface area contributed by atoms with Crippen molar-refractivity contribution in [2.24, 2.45) is 103 Å². The van der Waals surface area contributed by atoms with E-state index in [-0.39, 0.29) is 46.8 Å². The normalized spacial score (nSPS) is 48.8. The van der Waals surface area contributed by atoms with E-state index in [1.54, 1.807) is 0 Å². The molecule has 0 aromatic heterocycles. The summed E-state index contributed by atoms with van der Waals surface area (Å²) in [6, 6.07) is -1.46. The van der Waals surface area contributed by atoms with Gasteiger partial charge in [0, 0.05) is 10.8 Å². The molecular formula is C75H123NO19. The van der Waals surface area contributed by atoms with Gasteiger partial charge in [-0.1, -0.05) is 120 Å². The zero-order chi connectivity index (χ0) is 69.2. The number of hydrogen-bond acceptors (Lipinski definition) is 19. The summed E-state index contributed by atoms with van der Waals surface area (Å²) in [7, 11) is 0. The second-order valence-corrected chi connectivity index (χ2v) is 35.1. The van der Waals surface area contributed by atoms with Gasteiger partial charge in [0.15, 0.2) is 18.7 Å². The van der Waals surface area contributed by atoms with E-state index < -0.39 is 152 Å². The number of carbonyl (C=O) groups excluding carboxylic acids is 3. The van der Waals surface area contributed by atoms with Crippen molar-refractivity contribution in [3.8, 4) is 0 Å². The summed E-state index contributed by atoms with van der Waals surface area (Å²) in [6.45, 7) is 29.1. The number of aldehydes is 1. The average Bonchev–Trinajstić information content (AvgIpc) is 0.656. The van der Waals surface area contributed by atoms with E-state index in [2.05, 4.69) is 60.7 Å². The summed E-state index contributed by atoms with van der Waals surface area (Å²) in [5.74, 6) is 3.38. The molecule has 3 aliphatic heterocycles. The van der Waals surface area contributed by atoms with Gasteiger partial charge in [-0.15, -0.1) is 0 Å². The zero-order valence-corrected chi connectivity index (χ0v) is 59.7.